The molecule has 1 aliphatic rings. The molecule has 0 bridgehead atoms. The van der Waals surface area contributed by atoms with Gasteiger partial charge in [0.2, 0.25) is 0 Å². The number of carbonyl (C=O) groups excluding carboxylic acids is 1. The van der Waals surface area contributed by atoms with Gasteiger partial charge in [-0.05, 0) is 38.7 Å². The zero-order valence-corrected chi connectivity index (χ0v) is 13.1. The molecule has 0 saturated heterocycles. The molecule has 5 nitrogen and oxygen atoms in total. The maximum absolute atomic E-state index is 12.5. The Bertz CT molecular complexity index is 643. The highest BCUT2D eigenvalue weighted by atomic mass is 32.1. The third-order valence-electron chi connectivity index (χ3n) is 4.05. The maximum atomic E-state index is 12.5. The Morgan fingerprint density at radius 2 is 2.33 bits per heavy atom. The molecular formula is C15H20N4OS. The van der Waals surface area contributed by atoms with Crippen LogP contribution >= 0.6 is 11.3 Å². The molecule has 21 heavy (non-hydrogen) atoms. The van der Waals surface area contributed by atoms with Gasteiger partial charge in [-0.15, -0.1) is 11.3 Å². The second kappa shape index (κ2) is 5.61. The number of nitrogens with zero attached hydrogens (tertiary/aromatic N) is 2. The number of hydrogen-bond acceptors (Lipinski definition) is 4. The highest BCUT2D eigenvalue weighted by Crippen LogP contribution is 2.32. The number of rotatable bonds is 5. The third kappa shape index (κ3) is 2.73. The molecule has 1 fully saturated rings. The Balaban J connectivity index is 1.85. The van der Waals surface area contributed by atoms with Crippen LogP contribution in [-0.4, -0.2) is 28.0 Å². The van der Waals surface area contributed by atoms with Gasteiger partial charge in [-0.1, -0.05) is 0 Å². The van der Waals surface area contributed by atoms with Crippen molar-refractivity contribution in [3.8, 4) is 5.13 Å². The van der Waals surface area contributed by atoms with Crippen LogP contribution in [-0.2, 0) is 0 Å². The molecule has 2 aromatic heterocycles. The monoisotopic (exact) mass is 304 g/mol. The van der Waals surface area contributed by atoms with Crippen molar-refractivity contribution in [2.24, 2.45) is 11.7 Å². The summed E-state index contributed by atoms with van der Waals surface area (Å²) in [5.41, 5.74) is 8.41. The van der Waals surface area contributed by atoms with Gasteiger partial charge in [0.25, 0.3) is 5.91 Å². The topological polar surface area (TPSA) is 72.9 Å². The fourth-order valence-corrected chi connectivity index (χ4v) is 3.48. The predicted molar refractivity (Wildman–Crippen MR) is 83.9 cm³/mol. The minimum absolute atomic E-state index is 0.0340. The van der Waals surface area contributed by atoms with E-state index in [9.17, 15) is 4.79 Å². The third-order valence-corrected chi connectivity index (χ3v) is 4.80. The first-order chi connectivity index (χ1) is 10.1. The van der Waals surface area contributed by atoms with E-state index in [0.29, 0.717) is 18.0 Å². The van der Waals surface area contributed by atoms with Crippen molar-refractivity contribution >= 4 is 17.2 Å². The molecule has 2 heterocycles. The van der Waals surface area contributed by atoms with Crippen LogP contribution in [0.4, 0.5) is 0 Å². The fraction of sp³-hybridized carbons (Fsp3) is 0.467. The Hall–Kier alpha value is -1.66. The predicted octanol–water partition coefficient (Wildman–Crippen LogP) is 2.02. The van der Waals surface area contributed by atoms with Crippen molar-refractivity contribution in [2.45, 2.75) is 32.7 Å². The molecule has 3 N–H and O–H groups in total. The summed E-state index contributed by atoms with van der Waals surface area (Å²) in [7, 11) is 0. The molecule has 2 aromatic rings. The number of amides is 1. The normalized spacial score (nSPS) is 16.0. The summed E-state index contributed by atoms with van der Waals surface area (Å²) in [5, 5.41) is 5.90. The largest absolute Gasteiger partial charge is 0.348 e. The highest BCUT2D eigenvalue weighted by molar-refractivity contribution is 7.12. The van der Waals surface area contributed by atoms with Crippen molar-refractivity contribution in [1.29, 1.82) is 0 Å². The van der Waals surface area contributed by atoms with E-state index >= 15 is 0 Å². The lowest BCUT2D eigenvalue weighted by atomic mass is 10.1. The zero-order chi connectivity index (χ0) is 15.0. The summed E-state index contributed by atoms with van der Waals surface area (Å²) in [4.78, 5) is 16.8. The molecular weight excluding hydrogens is 284 g/mol. The van der Waals surface area contributed by atoms with E-state index in [2.05, 4.69) is 10.3 Å². The Morgan fingerprint density at radius 3 is 2.90 bits per heavy atom. The van der Waals surface area contributed by atoms with Crippen molar-refractivity contribution in [2.75, 3.05) is 6.54 Å². The van der Waals surface area contributed by atoms with Gasteiger partial charge in [0.05, 0.1) is 5.56 Å². The van der Waals surface area contributed by atoms with E-state index in [-0.39, 0.29) is 11.9 Å². The van der Waals surface area contributed by atoms with E-state index < -0.39 is 0 Å². The first-order valence-electron chi connectivity index (χ1n) is 7.21. The minimum atomic E-state index is -0.0340. The van der Waals surface area contributed by atoms with E-state index in [1.54, 1.807) is 17.5 Å². The second-order valence-electron chi connectivity index (χ2n) is 5.59. The van der Waals surface area contributed by atoms with Gasteiger partial charge < -0.3 is 11.1 Å². The van der Waals surface area contributed by atoms with E-state index in [1.807, 2.05) is 29.9 Å². The lowest BCUT2D eigenvalue weighted by Crippen LogP contribution is -2.41. The maximum Gasteiger partial charge on any atom is 0.253 e. The molecule has 1 aliphatic carbocycles. The van der Waals surface area contributed by atoms with Gasteiger partial charge in [-0.25, -0.2) is 4.98 Å². The standard InChI is InChI=1S/C15H20N4OS/c1-9-7-12(10(2)19(9)15-17-5-6-21-15)14(20)18-13(8-16)11-3-4-11/h5-7,11,13H,3-4,8,16H2,1-2H3,(H,18,20). The van der Waals surface area contributed by atoms with Gasteiger partial charge in [0, 0.05) is 35.6 Å². The summed E-state index contributed by atoms with van der Waals surface area (Å²) in [6.07, 6.45) is 4.11. The quantitative estimate of drug-likeness (QED) is 0.887. The number of aryl methyl sites for hydroxylation is 1. The Labute approximate surface area is 128 Å². The van der Waals surface area contributed by atoms with Crippen LogP contribution in [0.1, 0.15) is 34.6 Å². The van der Waals surface area contributed by atoms with Crippen molar-refractivity contribution < 1.29 is 4.79 Å². The van der Waals surface area contributed by atoms with Crippen LogP contribution in [0, 0.1) is 19.8 Å². The molecule has 0 aromatic carbocycles. The van der Waals surface area contributed by atoms with Gasteiger partial charge in [-0.2, -0.15) is 0 Å². The Kier molecular flexibility index (Phi) is 3.82. The lowest BCUT2D eigenvalue weighted by Gasteiger charge is -2.16. The molecule has 1 amide bonds. The van der Waals surface area contributed by atoms with Gasteiger partial charge in [0.15, 0.2) is 5.13 Å². The van der Waals surface area contributed by atoms with Crippen LogP contribution in [0.2, 0.25) is 0 Å². The fourth-order valence-electron chi connectivity index (χ4n) is 2.73. The molecule has 1 atom stereocenters. The van der Waals surface area contributed by atoms with Gasteiger partial charge >= 0.3 is 0 Å². The molecule has 6 heteroatoms. The van der Waals surface area contributed by atoms with Gasteiger partial charge in [-0.3, -0.25) is 9.36 Å². The average molecular weight is 304 g/mol. The minimum Gasteiger partial charge on any atom is -0.348 e. The van der Waals surface area contributed by atoms with E-state index in [1.165, 1.54) is 12.8 Å². The van der Waals surface area contributed by atoms with Crippen molar-refractivity contribution in [1.82, 2.24) is 14.9 Å². The SMILES string of the molecule is Cc1cc(C(=O)NC(CN)C2CC2)c(C)n1-c1nccs1. The molecule has 0 spiro atoms. The molecule has 0 aliphatic heterocycles. The van der Waals surface area contributed by atoms with Crippen LogP contribution < -0.4 is 11.1 Å². The number of hydrogen-bond donors (Lipinski definition) is 2. The summed E-state index contributed by atoms with van der Waals surface area (Å²) >= 11 is 1.56. The first-order valence-corrected chi connectivity index (χ1v) is 8.09. The molecule has 1 saturated carbocycles. The zero-order valence-electron chi connectivity index (χ0n) is 12.3. The summed E-state index contributed by atoms with van der Waals surface area (Å²) < 4.78 is 2.02. The summed E-state index contributed by atoms with van der Waals surface area (Å²) in [6, 6.07) is 2.02. The number of aromatic nitrogens is 2. The van der Waals surface area contributed by atoms with Crippen LogP contribution in [0.25, 0.3) is 5.13 Å². The summed E-state index contributed by atoms with van der Waals surface area (Å²) in [6.45, 7) is 4.45. The lowest BCUT2D eigenvalue weighted by molar-refractivity contribution is 0.0933. The number of carbonyl (C=O) groups is 1. The molecule has 0 radical (unpaired) electrons. The summed E-state index contributed by atoms with van der Waals surface area (Å²) in [5.74, 6) is 0.523. The van der Waals surface area contributed by atoms with E-state index in [4.69, 9.17) is 5.73 Å². The second-order valence-corrected chi connectivity index (χ2v) is 6.46. The van der Waals surface area contributed by atoms with E-state index in [0.717, 1.165) is 16.5 Å². The van der Waals surface area contributed by atoms with Crippen molar-refractivity contribution in [3.63, 3.8) is 0 Å². The highest BCUT2D eigenvalue weighted by Gasteiger charge is 2.32. The Morgan fingerprint density at radius 1 is 1.57 bits per heavy atom. The molecule has 3 rings (SSSR count). The van der Waals surface area contributed by atoms with Crippen LogP contribution in [0.15, 0.2) is 17.6 Å². The average Bonchev–Trinajstić information content (AvgIpc) is 3.09. The first kappa shape index (κ1) is 14.3. The van der Waals surface area contributed by atoms with Crippen LogP contribution in [0.3, 0.4) is 0 Å². The smallest absolute Gasteiger partial charge is 0.253 e. The molecule has 1 unspecified atom stereocenters. The number of thiazole rings is 1. The molecule has 112 valence electrons. The number of nitrogens with two attached hydrogens (primary N) is 1. The van der Waals surface area contributed by atoms with Crippen LogP contribution in [0.5, 0.6) is 0 Å². The van der Waals surface area contributed by atoms with Gasteiger partial charge in [0.1, 0.15) is 0 Å². The number of nitrogens with one attached hydrogen (secondary N) is 1. The van der Waals surface area contributed by atoms with Crippen molar-refractivity contribution in [3.05, 3.63) is 34.6 Å².